The van der Waals surface area contributed by atoms with Crippen molar-refractivity contribution in [2.24, 2.45) is 5.92 Å². The molecule has 0 fully saturated rings. The molecule has 0 radical (unpaired) electrons. The molecule has 1 amide bonds. The maximum atomic E-state index is 12.3. The zero-order valence-electron chi connectivity index (χ0n) is 13.4. The number of carbonyl (C=O) groups is 1. The minimum atomic E-state index is -3.92. The van der Waals surface area contributed by atoms with Crippen molar-refractivity contribution in [3.63, 3.8) is 0 Å². The first-order chi connectivity index (χ1) is 11.3. The summed E-state index contributed by atoms with van der Waals surface area (Å²) in [5.41, 5.74) is 1.06. The van der Waals surface area contributed by atoms with E-state index in [0.717, 1.165) is 0 Å². The van der Waals surface area contributed by atoms with Crippen LogP contribution < -0.4 is 4.72 Å². The van der Waals surface area contributed by atoms with Crippen molar-refractivity contribution < 1.29 is 13.2 Å². The Morgan fingerprint density at radius 2 is 2.04 bits per heavy atom. The van der Waals surface area contributed by atoms with Crippen molar-refractivity contribution >= 4 is 27.5 Å². The Balaban J connectivity index is 2.22. The van der Waals surface area contributed by atoms with Gasteiger partial charge in [-0.15, -0.1) is 0 Å². The van der Waals surface area contributed by atoms with Crippen LogP contribution in [0.4, 0.5) is 0 Å². The van der Waals surface area contributed by atoms with E-state index in [0.29, 0.717) is 23.6 Å². The summed E-state index contributed by atoms with van der Waals surface area (Å²) in [4.78, 5) is 19.6. The van der Waals surface area contributed by atoms with Crippen molar-refractivity contribution in [1.82, 2.24) is 14.7 Å². The van der Waals surface area contributed by atoms with Crippen molar-refractivity contribution in [3.8, 4) is 11.3 Å². The van der Waals surface area contributed by atoms with Gasteiger partial charge in [0.05, 0.1) is 10.6 Å². The van der Waals surface area contributed by atoms with E-state index in [1.54, 1.807) is 18.2 Å². The number of aromatic nitrogens is 2. The molecule has 0 saturated heterocycles. The number of hydrogen-bond donors (Lipinski definition) is 1. The molecule has 0 aliphatic rings. The highest BCUT2D eigenvalue weighted by atomic mass is 35.5. The van der Waals surface area contributed by atoms with Crippen LogP contribution in [0.3, 0.4) is 0 Å². The van der Waals surface area contributed by atoms with Crippen molar-refractivity contribution in [2.75, 3.05) is 0 Å². The third kappa shape index (κ3) is 5.01. The fourth-order valence-corrected chi connectivity index (χ4v) is 3.20. The van der Waals surface area contributed by atoms with Crippen LogP contribution in [-0.2, 0) is 14.8 Å². The molecule has 0 unspecified atom stereocenters. The number of hydrogen-bond acceptors (Lipinski definition) is 5. The number of sulfonamides is 1. The van der Waals surface area contributed by atoms with Gasteiger partial charge < -0.3 is 0 Å². The molecule has 24 heavy (non-hydrogen) atoms. The molecule has 0 aliphatic heterocycles. The van der Waals surface area contributed by atoms with Crippen molar-refractivity contribution in [3.05, 3.63) is 41.8 Å². The first-order valence-corrected chi connectivity index (χ1v) is 9.28. The van der Waals surface area contributed by atoms with Crippen LogP contribution in [0.25, 0.3) is 11.3 Å². The summed E-state index contributed by atoms with van der Waals surface area (Å²) >= 11 is 5.76. The Morgan fingerprint density at radius 1 is 1.29 bits per heavy atom. The third-order valence-electron chi connectivity index (χ3n) is 3.26. The Morgan fingerprint density at radius 3 is 2.71 bits per heavy atom. The van der Waals surface area contributed by atoms with Crippen LogP contribution in [0.1, 0.15) is 26.7 Å². The quantitative estimate of drug-likeness (QED) is 0.792. The lowest BCUT2D eigenvalue weighted by Crippen LogP contribution is -2.30. The second-order valence-electron chi connectivity index (χ2n) is 5.70. The summed E-state index contributed by atoms with van der Waals surface area (Å²) in [7, 11) is -3.92. The average Bonchev–Trinajstić information content (AvgIpc) is 2.53. The number of amides is 1. The molecule has 1 N–H and O–H groups in total. The summed E-state index contributed by atoms with van der Waals surface area (Å²) in [5, 5.41) is 0.0720. The molecule has 1 aromatic carbocycles. The highest BCUT2D eigenvalue weighted by Gasteiger charge is 2.18. The second kappa shape index (κ2) is 7.72. The van der Waals surface area contributed by atoms with Crippen LogP contribution >= 0.6 is 11.6 Å². The summed E-state index contributed by atoms with van der Waals surface area (Å²) in [5.74, 6) is -0.191. The predicted octanol–water partition coefficient (Wildman–Crippen LogP) is 3.04. The standard InChI is InChI=1S/C16H18ClN3O3S/c1-11(2)6-7-15(21)20-24(22,23)13-5-3-4-12(10-13)14-8-9-18-16(17)19-14/h3-5,8-11H,6-7H2,1-2H3,(H,20,21). The number of halogens is 1. The van der Waals surface area contributed by atoms with E-state index in [9.17, 15) is 13.2 Å². The van der Waals surface area contributed by atoms with Crippen molar-refractivity contribution in [1.29, 1.82) is 0 Å². The SMILES string of the molecule is CC(C)CCC(=O)NS(=O)(=O)c1cccc(-c2ccnc(Cl)n2)c1. The molecule has 0 bridgehead atoms. The van der Waals surface area contributed by atoms with Gasteiger partial charge in [-0.3, -0.25) is 4.79 Å². The van der Waals surface area contributed by atoms with E-state index in [2.05, 4.69) is 14.7 Å². The number of carbonyl (C=O) groups excluding carboxylic acids is 1. The van der Waals surface area contributed by atoms with Crippen LogP contribution in [-0.4, -0.2) is 24.3 Å². The first-order valence-electron chi connectivity index (χ1n) is 7.42. The zero-order valence-corrected chi connectivity index (χ0v) is 14.9. The molecule has 1 heterocycles. The van der Waals surface area contributed by atoms with E-state index in [4.69, 9.17) is 11.6 Å². The molecule has 0 atom stereocenters. The van der Waals surface area contributed by atoms with Gasteiger partial charge in [0.2, 0.25) is 11.2 Å². The monoisotopic (exact) mass is 367 g/mol. The van der Waals surface area contributed by atoms with Gasteiger partial charge >= 0.3 is 0 Å². The largest absolute Gasteiger partial charge is 0.274 e. The maximum Gasteiger partial charge on any atom is 0.264 e. The Bertz CT molecular complexity index is 838. The van der Waals surface area contributed by atoms with Crippen LogP contribution in [0, 0.1) is 5.92 Å². The summed E-state index contributed by atoms with van der Waals surface area (Å²) in [6.45, 7) is 3.94. The fraction of sp³-hybridized carbons (Fsp3) is 0.312. The molecular formula is C16H18ClN3O3S. The topological polar surface area (TPSA) is 89.0 Å². The fourth-order valence-electron chi connectivity index (χ4n) is 2.00. The minimum absolute atomic E-state index is 0.00682. The van der Waals surface area contributed by atoms with Gasteiger partial charge in [-0.05, 0) is 42.1 Å². The molecule has 2 rings (SSSR count). The van der Waals surface area contributed by atoms with Gasteiger partial charge in [-0.2, -0.15) is 0 Å². The number of benzene rings is 1. The lowest BCUT2D eigenvalue weighted by Gasteiger charge is -2.09. The summed E-state index contributed by atoms with van der Waals surface area (Å²) in [6.07, 6.45) is 2.28. The second-order valence-corrected chi connectivity index (χ2v) is 7.72. The first kappa shape index (κ1) is 18.4. The molecule has 1 aromatic heterocycles. The average molecular weight is 368 g/mol. The molecule has 8 heteroatoms. The van der Waals surface area contributed by atoms with E-state index in [1.807, 2.05) is 13.8 Å². The zero-order chi connectivity index (χ0) is 17.7. The van der Waals surface area contributed by atoms with Gasteiger partial charge in [-0.25, -0.2) is 23.1 Å². The lowest BCUT2D eigenvalue weighted by atomic mass is 10.1. The highest BCUT2D eigenvalue weighted by molar-refractivity contribution is 7.90. The van der Waals surface area contributed by atoms with Gasteiger partial charge in [0.15, 0.2) is 0 Å². The molecule has 2 aromatic rings. The predicted molar refractivity (Wildman–Crippen MR) is 91.9 cm³/mol. The number of rotatable bonds is 6. The highest BCUT2D eigenvalue weighted by Crippen LogP contribution is 2.21. The molecule has 6 nitrogen and oxygen atoms in total. The Hall–Kier alpha value is -1.99. The van der Waals surface area contributed by atoms with E-state index >= 15 is 0 Å². The summed E-state index contributed by atoms with van der Waals surface area (Å²) in [6, 6.07) is 7.77. The van der Waals surface area contributed by atoms with E-state index < -0.39 is 15.9 Å². The van der Waals surface area contributed by atoms with E-state index in [1.165, 1.54) is 18.3 Å². The van der Waals surface area contributed by atoms with Crippen LogP contribution in [0.5, 0.6) is 0 Å². The number of nitrogens with zero attached hydrogens (tertiary/aromatic N) is 2. The molecule has 0 saturated carbocycles. The lowest BCUT2D eigenvalue weighted by molar-refractivity contribution is -0.119. The Kier molecular flexibility index (Phi) is 5.90. The third-order valence-corrected chi connectivity index (χ3v) is 4.82. The normalized spacial score (nSPS) is 11.5. The van der Waals surface area contributed by atoms with Gasteiger partial charge in [-0.1, -0.05) is 26.0 Å². The molecular weight excluding hydrogens is 350 g/mol. The molecule has 0 spiro atoms. The molecule has 0 aliphatic carbocycles. The van der Waals surface area contributed by atoms with Gasteiger partial charge in [0, 0.05) is 18.2 Å². The van der Waals surface area contributed by atoms with Gasteiger partial charge in [0.1, 0.15) is 0 Å². The van der Waals surface area contributed by atoms with Gasteiger partial charge in [0.25, 0.3) is 10.0 Å². The van der Waals surface area contributed by atoms with Crippen molar-refractivity contribution in [2.45, 2.75) is 31.6 Å². The number of nitrogens with one attached hydrogen (secondary N) is 1. The smallest absolute Gasteiger partial charge is 0.264 e. The Labute approximate surface area is 146 Å². The van der Waals surface area contributed by atoms with Crippen LogP contribution in [0.15, 0.2) is 41.4 Å². The van der Waals surface area contributed by atoms with E-state index in [-0.39, 0.29) is 16.6 Å². The maximum absolute atomic E-state index is 12.3. The van der Waals surface area contributed by atoms with Crippen LogP contribution in [0.2, 0.25) is 5.28 Å². The summed E-state index contributed by atoms with van der Waals surface area (Å²) < 4.78 is 26.8. The minimum Gasteiger partial charge on any atom is -0.274 e. The molecule has 128 valence electrons.